The molecule has 0 spiro atoms. The Morgan fingerprint density at radius 3 is 2.61 bits per heavy atom. The molecule has 0 saturated heterocycles. The first-order valence-electron chi connectivity index (χ1n) is 5.02. The second kappa shape index (κ2) is 5.16. The molecule has 1 aromatic rings. The maximum atomic E-state index is 12.0. The number of aryl methyl sites for hydroxylation is 1. The molecule has 0 saturated carbocycles. The summed E-state index contributed by atoms with van der Waals surface area (Å²) in [6.07, 6.45) is 5.08. The van der Waals surface area contributed by atoms with Crippen LogP contribution >= 0.6 is 0 Å². The van der Waals surface area contributed by atoms with E-state index < -0.39 is 26.7 Å². The van der Waals surface area contributed by atoms with Crippen molar-refractivity contribution in [3.05, 3.63) is 33.9 Å². The van der Waals surface area contributed by atoms with E-state index in [2.05, 4.69) is 10.6 Å². The number of nitro benzene ring substituents is 1. The smallest absolute Gasteiger partial charge is 0.258 e. The van der Waals surface area contributed by atoms with E-state index in [-0.39, 0.29) is 4.90 Å². The van der Waals surface area contributed by atoms with Gasteiger partial charge in [0, 0.05) is 6.07 Å². The van der Waals surface area contributed by atoms with Crippen LogP contribution in [0.5, 0.6) is 0 Å². The van der Waals surface area contributed by atoms with Gasteiger partial charge < -0.3 is 0 Å². The first kappa shape index (κ1) is 14.2. The summed E-state index contributed by atoms with van der Waals surface area (Å²) in [5.74, 6) is 2.20. The molecule has 96 valence electrons. The number of hydrogen-bond acceptors (Lipinski definition) is 4. The topological polar surface area (TPSA) is 89.3 Å². The van der Waals surface area contributed by atoms with Crippen LogP contribution in [-0.2, 0) is 10.0 Å². The van der Waals surface area contributed by atoms with Crippen molar-refractivity contribution in [2.24, 2.45) is 0 Å². The molecule has 0 fully saturated rings. The lowest BCUT2D eigenvalue weighted by molar-refractivity contribution is -0.387. The van der Waals surface area contributed by atoms with Gasteiger partial charge in [0.25, 0.3) is 5.69 Å². The van der Waals surface area contributed by atoms with Crippen molar-refractivity contribution >= 4 is 15.7 Å². The van der Waals surface area contributed by atoms with Crippen LogP contribution in [0.15, 0.2) is 23.1 Å². The summed E-state index contributed by atoms with van der Waals surface area (Å²) in [6.45, 7) is 2.96. The molecule has 0 aliphatic heterocycles. The van der Waals surface area contributed by atoms with Crippen molar-refractivity contribution in [1.82, 2.24) is 4.72 Å². The predicted molar refractivity (Wildman–Crippen MR) is 66.4 cm³/mol. The van der Waals surface area contributed by atoms with Gasteiger partial charge in [-0.05, 0) is 19.4 Å². The maximum absolute atomic E-state index is 12.0. The van der Waals surface area contributed by atoms with E-state index in [1.807, 2.05) is 0 Å². The predicted octanol–water partition coefficient (Wildman–Crippen LogP) is 1.20. The van der Waals surface area contributed by atoms with Crippen molar-refractivity contribution < 1.29 is 13.3 Å². The van der Waals surface area contributed by atoms with E-state index >= 15 is 0 Å². The van der Waals surface area contributed by atoms with Crippen LogP contribution in [0.2, 0.25) is 0 Å². The number of terminal acetylenes is 1. The van der Waals surface area contributed by atoms with Crippen molar-refractivity contribution in [3.8, 4) is 12.3 Å². The molecule has 1 aromatic carbocycles. The van der Waals surface area contributed by atoms with Gasteiger partial charge in [-0.3, -0.25) is 10.1 Å². The summed E-state index contributed by atoms with van der Waals surface area (Å²) in [5, 5.41) is 10.8. The first-order chi connectivity index (χ1) is 8.29. The van der Waals surface area contributed by atoms with E-state index in [1.54, 1.807) is 0 Å². The molecule has 18 heavy (non-hydrogen) atoms. The Balaban J connectivity index is 3.41. The Hall–Kier alpha value is -1.91. The van der Waals surface area contributed by atoms with Gasteiger partial charge in [-0.1, -0.05) is 18.1 Å². The highest BCUT2D eigenvalue weighted by Crippen LogP contribution is 2.26. The molecular formula is C11H12N2O4S. The minimum Gasteiger partial charge on any atom is -0.258 e. The van der Waals surface area contributed by atoms with Gasteiger partial charge in [0.15, 0.2) is 4.90 Å². The Bertz CT molecular complexity index is 616. The maximum Gasteiger partial charge on any atom is 0.289 e. The number of hydrogen-bond donors (Lipinski definition) is 1. The second-order valence-corrected chi connectivity index (χ2v) is 5.34. The van der Waals surface area contributed by atoms with E-state index in [0.717, 1.165) is 6.07 Å². The minimum atomic E-state index is -4.01. The van der Waals surface area contributed by atoms with Crippen molar-refractivity contribution in [2.45, 2.75) is 24.8 Å². The third-order valence-corrected chi connectivity index (χ3v) is 3.97. The Morgan fingerprint density at radius 1 is 1.50 bits per heavy atom. The zero-order valence-electron chi connectivity index (χ0n) is 9.88. The molecule has 0 aliphatic rings. The average Bonchev–Trinajstić information content (AvgIpc) is 2.27. The summed E-state index contributed by atoms with van der Waals surface area (Å²) in [6, 6.07) is 3.32. The molecule has 0 bridgehead atoms. The third kappa shape index (κ3) is 2.85. The van der Waals surface area contributed by atoms with Gasteiger partial charge in [-0.2, -0.15) is 4.72 Å². The number of sulfonamides is 1. The fourth-order valence-electron chi connectivity index (χ4n) is 1.46. The van der Waals surface area contributed by atoms with Crippen molar-refractivity contribution in [1.29, 1.82) is 0 Å². The van der Waals surface area contributed by atoms with E-state index in [4.69, 9.17) is 6.42 Å². The highest BCUT2D eigenvalue weighted by atomic mass is 32.2. The number of rotatable bonds is 4. The lowest BCUT2D eigenvalue weighted by Crippen LogP contribution is -2.32. The van der Waals surface area contributed by atoms with Gasteiger partial charge in [-0.25, -0.2) is 8.42 Å². The fourth-order valence-corrected chi connectivity index (χ4v) is 3.02. The Labute approximate surface area is 105 Å². The second-order valence-electron chi connectivity index (χ2n) is 3.69. The van der Waals surface area contributed by atoms with Crippen LogP contribution < -0.4 is 4.72 Å². The third-order valence-electron chi connectivity index (χ3n) is 2.24. The highest BCUT2D eigenvalue weighted by molar-refractivity contribution is 7.89. The summed E-state index contributed by atoms with van der Waals surface area (Å²) >= 11 is 0. The Morgan fingerprint density at radius 2 is 2.11 bits per heavy atom. The normalized spacial score (nSPS) is 12.7. The average molecular weight is 268 g/mol. The molecule has 1 unspecified atom stereocenters. The van der Waals surface area contributed by atoms with Gasteiger partial charge in [-0.15, -0.1) is 6.42 Å². The lowest BCUT2D eigenvalue weighted by Gasteiger charge is -2.11. The number of benzene rings is 1. The SMILES string of the molecule is C#CC(C)NS(=O)(=O)c1c(C)cccc1[N+](=O)[O-]. The molecule has 7 heteroatoms. The van der Waals surface area contributed by atoms with Gasteiger partial charge in [0.1, 0.15) is 0 Å². The van der Waals surface area contributed by atoms with Crippen molar-refractivity contribution in [2.75, 3.05) is 0 Å². The molecule has 1 atom stereocenters. The van der Waals surface area contributed by atoms with Crippen LogP contribution in [0, 0.1) is 29.4 Å². The summed E-state index contributed by atoms with van der Waals surface area (Å²) < 4.78 is 26.3. The molecule has 0 amide bonds. The van der Waals surface area contributed by atoms with Gasteiger partial charge in [0.05, 0.1) is 11.0 Å². The molecule has 6 nitrogen and oxygen atoms in total. The number of nitro groups is 1. The Kier molecular flexibility index (Phi) is 4.06. The molecular weight excluding hydrogens is 256 g/mol. The highest BCUT2D eigenvalue weighted by Gasteiger charge is 2.28. The molecule has 0 aromatic heterocycles. The van der Waals surface area contributed by atoms with Crippen LogP contribution in [0.4, 0.5) is 5.69 Å². The zero-order valence-corrected chi connectivity index (χ0v) is 10.7. The summed E-state index contributed by atoms with van der Waals surface area (Å²) in [7, 11) is -4.01. The van der Waals surface area contributed by atoms with Crippen LogP contribution in [0.3, 0.4) is 0 Å². The molecule has 0 radical (unpaired) electrons. The van der Waals surface area contributed by atoms with E-state index in [9.17, 15) is 18.5 Å². The molecule has 1 N–H and O–H groups in total. The number of nitrogens with one attached hydrogen (secondary N) is 1. The monoisotopic (exact) mass is 268 g/mol. The van der Waals surface area contributed by atoms with Crippen LogP contribution in [0.1, 0.15) is 12.5 Å². The minimum absolute atomic E-state index is 0.293. The van der Waals surface area contributed by atoms with Crippen LogP contribution in [0.25, 0.3) is 0 Å². The summed E-state index contributed by atoms with van der Waals surface area (Å²) in [5.41, 5.74) is -0.173. The van der Waals surface area contributed by atoms with Gasteiger partial charge >= 0.3 is 0 Å². The van der Waals surface area contributed by atoms with E-state index in [1.165, 1.54) is 26.0 Å². The zero-order chi connectivity index (χ0) is 13.9. The standard InChI is InChI=1S/C11H12N2O4S/c1-4-9(3)12-18(16,17)11-8(2)6-5-7-10(11)13(14)15/h1,5-7,9,12H,2-3H3. The fraction of sp³-hybridized carbons (Fsp3) is 0.273. The van der Waals surface area contributed by atoms with Gasteiger partial charge in [0.2, 0.25) is 10.0 Å². The quantitative estimate of drug-likeness (QED) is 0.505. The molecule has 0 aliphatic carbocycles. The summed E-state index contributed by atoms with van der Waals surface area (Å²) in [4.78, 5) is 9.77. The first-order valence-corrected chi connectivity index (χ1v) is 6.50. The number of nitrogens with zero attached hydrogens (tertiary/aromatic N) is 1. The molecule has 0 heterocycles. The lowest BCUT2D eigenvalue weighted by atomic mass is 10.2. The van der Waals surface area contributed by atoms with Crippen LogP contribution in [-0.4, -0.2) is 19.4 Å². The van der Waals surface area contributed by atoms with Crippen molar-refractivity contribution in [3.63, 3.8) is 0 Å². The molecule has 1 rings (SSSR count). The largest absolute Gasteiger partial charge is 0.289 e. The van der Waals surface area contributed by atoms with E-state index in [0.29, 0.717) is 5.56 Å².